The van der Waals surface area contributed by atoms with Gasteiger partial charge >= 0.3 is 6.09 Å². The Balaban J connectivity index is 2.33. The average Bonchev–Trinajstić information content (AvgIpc) is 2.89. The van der Waals surface area contributed by atoms with Gasteiger partial charge in [0.2, 0.25) is 0 Å². The molecule has 1 unspecified atom stereocenters. The molecule has 1 aliphatic heterocycles. The summed E-state index contributed by atoms with van der Waals surface area (Å²) < 4.78 is 5.44. The summed E-state index contributed by atoms with van der Waals surface area (Å²) in [5.41, 5.74) is 1.44. The van der Waals surface area contributed by atoms with Crippen LogP contribution in [-0.4, -0.2) is 35.2 Å². The number of ether oxygens (including phenoxy) is 1. The van der Waals surface area contributed by atoms with E-state index in [1.165, 1.54) is 0 Å². The van der Waals surface area contributed by atoms with Crippen molar-refractivity contribution in [3.8, 4) is 0 Å². The van der Waals surface area contributed by atoms with Crippen molar-refractivity contribution < 1.29 is 9.53 Å². The molecule has 0 aliphatic carbocycles. The van der Waals surface area contributed by atoms with Crippen molar-refractivity contribution in [2.45, 2.75) is 65.1 Å². The molecule has 0 saturated carbocycles. The van der Waals surface area contributed by atoms with Gasteiger partial charge in [0.1, 0.15) is 5.60 Å². The van der Waals surface area contributed by atoms with Gasteiger partial charge in [-0.1, -0.05) is 25.4 Å². The van der Waals surface area contributed by atoms with Crippen LogP contribution < -0.4 is 5.32 Å². The Morgan fingerprint density at radius 2 is 2.12 bits per heavy atom. The number of aromatic nitrogens is 1. The number of carbonyl (C=O) groups is 1. The van der Waals surface area contributed by atoms with Crippen molar-refractivity contribution in [2.75, 3.05) is 13.6 Å². The standard InChI is InChI=1S/C19H30ClN3O2/c1-12(2)16(22-18(24)25-19(3,4)5)17-14(10-13(20)11-21-17)15-8-7-9-23(15)6/h10-12,15-16H,7-9H2,1-6H3,(H,22,24)/t15-,16?/m0/s1. The highest BCUT2D eigenvalue weighted by Crippen LogP contribution is 2.36. The average molecular weight is 368 g/mol. The molecule has 0 radical (unpaired) electrons. The molecule has 1 aromatic rings. The Bertz CT molecular complexity index is 613. The quantitative estimate of drug-likeness (QED) is 0.836. The van der Waals surface area contributed by atoms with E-state index in [4.69, 9.17) is 16.3 Å². The Kier molecular flexibility index (Phi) is 6.33. The van der Waals surface area contributed by atoms with Crippen LogP contribution in [0.15, 0.2) is 12.3 Å². The van der Waals surface area contributed by atoms with E-state index >= 15 is 0 Å². The molecule has 140 valence electrons. The van der Waals surface area contributed by atoms with E-state index in [9.17, 15) is 4.79 Å². The van der Waals surface area contributed by atoms with E-state index < -0.39 is 11.7 Å². The third kappa shape index (κ3) is 5.32. The van der Waals surface area contributed by atoms with E-state index in [0.717, 1.165) is 30.6 Å². The van der Waals surface area contributed by atoms with Crippen molar-refractivity contribution in [1.29, 1.82) is 0 Å². The molecule has 1 aliphatic rings. The lowest BCUT2D eigenvalue weighted by Crippen LogP contribution is -2.38. The van der Waals surface area contributed by atoms with Crippen LogP contribution in [0.4, 0.5) is 4.79 Å². The summed E-state index contributed by atoms with van der Waals surface area (Å²) in [5, 5.41) is 3.63. The van der Waals surface area contributed by atoms with Gasteiger partial charge in [-0.3, -0.25) is 9.88 Å². The van der Waals surface area contributed by atoms with Crippen molar-refractivity contribution >= 4 is 17.7 Å². The molecule has 25 heavy (non-hydrogen) atoms. The number of likely N-dealkylation sites (tertiary alicyclic amines) is 1. The molecular weight excluding hydrogens is 338 g/mol. The summed E-state index contributed by atoms with van der Waals surface area (Å²) >= 11 is 6.23. The maximum atomic E-state index is 12.3. The monoisotopic (exact) mass is 367 g/mol. The number of nitrogens with zero attached hydrogens (tertiary/aromatic N) is 2. The van der Waals surface area contributed by atoms with Gasteiger partial charge in [-0.05, 0) is 64.8 Å². The second kappa shape index (κ2) is 7.92. The molecule has 0 spiro atoms. The highest BCUT2D eigenvalue weighted by molar-refractivity contribution is 6.30. The van der Waals surface area contributed by atoms with Gasteiger partial charge in [-0.25, -0.2) is 4.79 Å². The van der Waals surface area contributed by atoms with E-state index in [2.05, 4.69) is 36.1 Å². The Morgan fingerprint density at radius 3 is 2.64 bits per heavy atom. The largest absolute Gasteiger partial charge is 0.444 e. The molecule has 5 nitrogen and oxygen atoms in total. The first kappa shape index (κ1) is 20.0. The van der Waals surface area contributed by atoms with Gasteiger partial charge in [-0.2, -0.15) is 0 Å². The molecule has 1 amide bonds. The van der Waals surface area contributed by atoms with E-state index in [1.54, 1.807) is 6.20 Å². The predicted octanol–water partition coefficient (Wildman–Crippen LogP) is 4.72. The first-order valence-corrected chi connectivity index (χ1v) is 9.31. The molecule has 0 bridgehead atoms. The van der Waals surface area contributed by atoms with Gasteiger partial charge < -0.3 is 10.1 Å². The lowest BCUT2D eigenvalue weighted by molar-refractivity contribution is 0.0487. The van der Waals surface area contributed by atoms with E-state index in [1.807, 2.05) is 26.8 Å². The van der Waals surface area contributed by atoms with Gasteiger partial charge in [0.15, 0.2) is 0 Å². The molecule has 0 aromatic carbocycles. The fourth-order valence-corrected chi connectivity index (χ4v) is 3.45. The van der Waals surface area contributed by atoms with E-state index in [-0.39, 0.29) is 18.0 Å². The number of amides is 1. The second-order valence-electron chi connectivity index (χ2n) is 8.13. The minimum absolute atomic E-state index is 0.173. The Hall–Kier alpha value is -1.33. The number of nitrogens with one attached hydrogen (secondary N) is 1. The maximum absolute atomic E-state index is 12.3. The van der Waals surface area contributed by atoms with Gasteiger partial charge in [0.05, 0.1) is 16.8 Å². The molecule has 1 N–H and O–H groups in total. The molecule has 2 heterocycles. The van der Waals surface area contributed by atoms with Crippen LogP contribution in [0, 0.1) is 5.92 Å². The number of halogens is 1. The predicted molar refractivity (Wildman–Crippen MR) is 101 cm³/mol. The van der Waals surface area contributed by atoms with Crippen molar-refractivity contribution in [1.82, 2.24) is 15.2 Å². The second-order valence-corrected chi connectivity index (χ2v) is 8.57. The summed E-state index contributed by atoms with van der Waals surface area (Å²) in [4.78, 5) is 19.2. The summed E-state index contributed by atoms with van der Waals surface area (Å²) in [6, 6.07) is 2.04. The van der Waals surface area contributed by atoms with Crippen LogP contribution in [0.1, 0.15) is 70.8 Å². The molecular formula is C19H30ClN3O2. The number of rotatable bonds is 4. The highest BCUT2D eigenvalue weighted by Gasteiger charge is 2.31. The van der Waals surface area contributed by atoms with Crippen LogP contribution in [-0.2, 0) is 4.74 Å². The number of alkyl carbamates (subject to hydrolysis) is 1. The molecule has 1 aromatic heterocycles. The molecule has 1 fully saturated rings. The SMILES string of the molecule is CC(C)C(NC(=O)OC(C)(C)C)c1ncc(Cl)cc1[C@@H]1CCCN1C. The topological polar surface area (TPSA) is 54.5 Å². The molecule has 6 heteroatoms. The first-order valence-electron chi connectivity index (χ1n) is 8.93. The molecule has 2 atom stereocenters. The zero-order valence-electron chi connectivity index (χ0n) is 16.1. The first-order chi connectivity index (χ1) is 11.6. The van der Waals surface area contributed by atoms with Crippen LogP contribution in [0.2, 0.25) is 5.02 Å². The fourth-order valence-electron chi connectivity index (χ4n) is 3.28. The number of pyridine rings is 1. The molecule has 1 saturated heterocycles. The normalized spacial score (nSPS) is 19.9. The van der Waals surface area contributed by atoms with Gasteiger partial charge in [-0.15, -0.1) is 0 Å². The summed E-state index contributed by atoms with van der Waals surface area (Å²) in [5.74, 6) is 0.173. The third-order valence-electron chi connectivity index (χ3n) is 4.43. The Labute approximate surface area is 156 Å². The zero-order valence-corrected chi connectivity index (χ0v) is 16.9. The molecule has 2 rings (SSSR count). The summed E-state index contributed by atoms with van der Waals surface area (Å²) in [7, 11) is 2.12. The Morgan fingerprint density at radius 1 is 1.44 bits per heavy atom. The lowest BCUT2D eigenvalue weighted by Gasteiger charge is -2.29. The summed E-state index contributed by atoms with van der Waals surface area (Å²) in [6.45, 7) is 10.8. The maximum Gasteiger partial charge on any atom is 0.408 e. The fraction of sp³-hybridized carbons (Fsp3) is 0.684. The minimum Gasteiger partial charge on any atom is -0.444 e. The van der Waals surface area contributed by atoms with Crippen LogP contribution in [0.25, 0.3) is 0 Å². The number of hydrogen-bond donors (Lipinski definition) is 1. The van der Waals surface area contributed by atoms with Crippen LogP contribution in [0.5, 0.6) is 0 Å². The minimum atomic E-state index is -0.534. The highest BCUT2D eigenvalue weighted by atomic mass is 35.5. The third-order valence-corrected chi connectivity index (χ3v) is 4.64. The number of carbonyl (C=O) groups excluding carboxylic acids is 1. The van der Waals surface area contributed by atoms with Crippen LogP contribution in [0.3, 0.4) is 0 Å². The van der Waals surface area contributed by atoms with Gasteiger partial charge in [0.25, 0.3) is 0 Å². The number of hydrogen-bond acceptors (Lipinski definition) is 4. The smallest absolute Gasteiger partial charge is 0.408 e. The van der Waals surface area contributed by atoms with Crippen molar-refractivity contribution in [2.24, 2.45) is 5.92 Å². The van der Waals surface area contributed by atoms with Crippen molar-refractivity contribution in [3.63, 3.8) is 0 Å². The zero-order chi connectivity index (χ0) is 18.8. The van der Waals surface area contributed by atoms with Gasteiger partial charge in [0, 0.05) is 12.2 Å². The van der Waals surface area contributed by atoms with Crippen molar-refractivity contribution in [3.05, 3.63) is 28.5 Å². The van der Waals surface area contributed by atoms with Crippen LogP contribution >= 0.6 is 11.6 Å². The van der Waals surface area contributed by atoms with E-state index in [0.29, 0.717) is 5.02 Å². The lowest BCUT2D eigenvalue weighted by atomic mass is 9.93. The summed E-state index contributed by atoms with van der Waals surface area (Å²) in [6.07, 6.45) is 3.46.